The van der Waals surface area contributed by atoms with E-state index in [4.69, 9.17) is 12.2 Å². The quantitative estimate of drug-likeness (QED) is 0.487. The molecule has 0 saturated heterocycles. The number of hydrogen-bond donors (Lipinski definition) is 2. The monoisotopic (exact) mass is 315 g/mol. The van der Waals surface area contributed by atoms with Crippen LogP contribution in [-0.4, -0.2) is 16.6 Å². The largest absolute Gasteiger partial charge is 0.362 e. The lowest BCUT2D eigenvalue weighted by Gasteiger charge is -2.10. The molecule has 0 amide bonds. The van der Waals surface area contributed by atoms with Crippen molar-refractivity contribution in [3.63, 3.8) is 0 Å². The Balaban J connectivity index is 1.70. The Kier molecular flexibility index (Phi) is 5.85. The van der Waals surface area contributed by atoms with E-state index in [9.17, 15) is 10.1 Å². The molecule has 0 unspecified atom stereocenters. The average molecular weight is 315 g/mol. The molecule has 0 fully saturated rings. The molecule has 0 aliphatic heterocycles. The summed E-state index contributed by atoms with van der Waals surface area (Å²) in [7, 11) is 0. The summed E-state index contributed by atoms with van der Waals surface area (Å²) in [4.78, 5) is 10.2. The van der Waals surface area contributed by atoms with Crippen LogP contribution in [0.2, 0.25) is 0 Å². The number of nitro benzene ring substituents is 1. The normalized spacial score (nSPS) is 10.0. The molecular weight excluding hydrogens is 298 g/mol. The zero-order chi connectivity index (χ0) is 15.8. The molecular formula is C16H17N3O2S. The van der Waals surface area contributed by atoms with E-state index in [1.54, 1.807) is 12.1 Å². The average Bonchev–Trinajstić information content (AvgIpc) is 2.54. The predicted molar refractivity (Wildman–Crippen MR) is 90.7 cm³/mol. The molecule has 0 spiro atoms. The first-order chi connectivity index (χ1) is 10.6. The van der Waals surface area contributed by atoms with Gasteiger partial charge in [-0.25, -0.2) is 0 Å². The number of rotatable bonds is 6. The molecule has 0 atom stereocenters. The lowest BCUT2D eigenvalue weighted by atomic mass is 10.1. The summed E-state index contributed by atoms with van der Waals surface area (Å²) < 4.78 is 0. The highest BCUT2D eigenvalue weighted by Crippen LogP contribution is 2.11. The zero-order valence-electron chi connectivity index (χ0n) is 12.0. The van der Waals surface area contributed by atoms with Gasteiger partial charge in [-0.2, -0.15) is 0 Å². The van der Waals surface area contributed by atoms with Crippen molar-refractivity contribution in [1.82, 2.24) is 10.6 Å². The van der Waals surface area contributed by atoms with E-state index < -0.39 is 4.92 Å². The fourth-order valence-corrected chi connectivity index (χ4v) is 2.12. The van der Waals surface area contributed by atoms with E-state index in [1.807, 2.05) is 18.2 Å². The summed E-state index contributed by atoms with van der Waals surface area (Å²) in [6.45, 7) is 1.30. The van der Waals surface area contributed by atoms with Crippen molar-refractivity contribution in [1.29, 1.82) is 0 Å². The van der Waals surface area contributed by atoms with Gasteiger partial charge in [0.1, 0.15) is 0 Å². The first-order valence-electron chi connectivity index (χ1n) is 6.94. The van der Waals surface area contributed by atoms with Gasteiger partial charge >= 0.3 is 0 Å². The third kappa shape index (κ3) is 5.14. The van der Waals surface area contributed by atoms with Crippen LogP contribution < -0.4 is 10.6 Å². The lowest BCUT2D eigenvalue weighted by Crippen LogP contribution is -2.35. The molecule has 0 saturated carbocycles. The van der Waals surface area contributed by atoms with Gasteiger partial charge in [-0.05, 0) is 29.8 Å². The SMILES string of the molecule is O=[N+]([O-])c1ccc(CNC(=S)NCCc2ccccc2)cc1. The maximum absolute atomic E-state index is 10.6. The van der Waals surface area contributed by atoms with Crippen molar-refractivity contribution in [3.05, 3.63) is 75.8 Å². The Bertz CT molecular complexity index is 630. The molecule has 114 valence electrons. The van der Waals surface area contributed by atoms with Crippen molar-refractivity contribution in [2.24, 2.45) is 0 Å². The molecule has 0 bridgehead atoms. The van der Waals surface area contributed by atoms with Gasteiger partial charge in [0.25, 0.3) is 5.69 Å². The first kappa shape index (κ1) is 15.9. The van der Waals surface area contributed by atoms with E-state index in [0.29, 0.717) is 11.7 Å². The molecule has 0 radical (unpaired) electrons. The number of nitro groups is 1. The fourth-order valence-electron chi connectivity index (χ4n) is 1.95. The number of non-ortho nitro benzene ring substituents is 1. The molecule has 2 aromatic carbocycles. The second-order valence-corrected chi connectivity index (χ2v) is 5.18. The molecule has 0 aromatic heterocycles. The molecule has 6 heteroatoms. The van der Waals surface area contributed by atoms with Gasteiger partial charge in [0.15, 0.2) is 5.11 Å². The van der Waals surface area contributed by atoms with Crippen LogP contribution >= 0.6 is 12.2 Å². The summed E-state index contributed by atoms with van der Waals surface area (Å²) >= 11 is 5.21. The standard InChI is InChI=1S/C16H17N3O2S/c20-19(21)15-8-6-14(7-9-15)12-18-16(22)17-11-10-13-4-2-1-3-5-13/h1-9H,10-12H2,(H2,17,18,22). The van der Waals surface area contributed by atoms with Crippen LogP contribution in [0.1, 0.15) is 11.1 Å². The Labute approximate surface area is 134 Å². The Morgan fingerprint density at radius 3 is 2.32 bits per heavy atom. The second-order valence-electron chi connectivity index (χ2n) is 4.77. The van der Waals surface area contributed by atoms with Crippen molar-refractivity contribution in [2.45, 2.75) is 13.0 Å². The van der Waals surface area contributed by atoms with E-state index in [2.05, 4.69) is 22.8 Å². The van der Waals surface area contributed by atoms with Gasteiger partial charge in [-0.1, -0.05) is 42.5 Å². The van der Waals surface area contributed by atoms with E-state index in [-0.39, 0.29) is 5.69 Å². The Hall–Kier alpha value is -2.47. The number of nitrogens with zero attached hydrogens (tertiary/aromatic N) is 1. The van der Waals surface area contributed by atoms with Crippen LogP contribution in [0.15, 0.2) is 54.6 Å². The van der Waals surface area contributed by atoms with Crippen LogP contribution in [0, 0.1) is 10.1 Å². The lowest BCUT2D eigenvalue weighted by molar-refractivity contribution is -0.384. The minimum Gasteiger partial charge on any atom is -0.362 e. The van der Waals surface area contributed by atoms with Gasteiger partial charge in [0.05, 0.1) is 4.92 Å². The highest BCUT2D eigenvalue weighted by atomic mass is 32.1. The highest BCUT2D eigenvalue weighted by Gasteiger charge is 2.04. The number of thiocarbonyl (C=S) groups is 1. The van der Waals surface area contributed by atoms with Crippen molar-refractivity contribution in [3.8, 4) is 0 Å². The van der Waals surface area contributed by atoms with Gasteiger partial charge in [0.2, 0.25) is 0 Å². The minimum absolute atomic E-state index is 0.0901. The molecule has 0 heterocycles. The molecule has 2 N–H and O–H groups in total. The van der Waals surface area contributed by atoms with Gasteiger partial charge in [-0.3, -0.25) is 10.1 Å². The molecule has 5 nitrogen and oxygen atoms in total. The summed E-state index contributed by atoms with van der Waals surface area (Å²) in [6, 6.07) is 16.6. The minimum atomic E-state index is -0.410. The summed E-state index contributed by atoms with van der Waals surface area (Å²) in [6.07, 6.45) is 0.903. The smallest absolute Gasteiger partial charge is 0.269 e. The van der Waals surface area contributed by atoms with E-state index in [0.717, 1.165) is 18.5 Å². The topological polar surface area (TPSA) is 67.2 Å². The van der Waals surface area contributed by atoms with Gasteiger partial charge in [0, 0.05) is 25.2 Å². The maximum Gasteiger partial charge on any atom is 0.269 e. The van der Waals surface area contributed by atoms with Crippen LogP contribution in [0.4, 0.5) is 5.69 Å². The van der Waals surface area contributed by atoms with Gasteiger partial charge in [-0.15, -0.1) is 0 Å². The fraction of sp³-hybridized carbons (Fsp3) is 0.188. The molecule has 22 heavy (non-hydrogen) atoms. The summed E-state index contributed by atoms with van der Waals surface area (Å²) in [5, 5.41) is 17.4. The van der Waals surface area contributed by atoms with E-state index >= 15 is 0 Å². The van der Waals surface area contributed by atoms with Crippen molar-refractivity contribution >= 4 is 23.0 Å². The summed E-state index contributed by atoms with van der Waals surface area (Å²) in [5.41, 5.74) is 2.29. The second kappa shape index (κ2) is 8.09. The molecule has 0 aliphatic carbocycles. The number of benzene rings is 2. The van der Waals surface area contributed by atoms with Crippen LogP contribution in [0.25, 0.3) is 0 Å². The maximum atomic E-state index is 10.6. The number of nitrogens with one attached hydrogen (secondary N) is 2. The van der Waals surface area contributed by atoms with Crippen LogP contribution in [0.5, 0.6) is 0 Å². The third-order valence-electron chi connectivity index (χ3n) is 3.14. The first-order valence-corrected chi connectivity index (χ1v) is 7.35. The predicted octanol–water partition coefficient (Wildman–Crippen LogP) is 2.80. The van der Waals surface area contributed by atoms with Crippen molar-refractivity contribution in [2.75, 3.05) is 6.54 Å². The Morgan fingerprint density at radius 1 is 1.00 bits per heavy atom. The van der Waals surface area contributed by atoms with E-state index in [1.165, 1.54) is 17.7 Å². The highest BCUT2D eigenvalue weighted by molar-refractivity contribution is 7.80. The Morgan fingerprint density at radius 2 is 1.68 bits per heavy atom. The molecule has 2 rings (SSSR count). The molecule has 0 aliphatic rings. The summed E-state index contributed by atoms with van der Waals surface area (Å²) in [5.74, 6) is 0. The van der Waals surface area contributed by atoms with Crippen LogP contribution in [0.3, 0.4) is 0 Å². The van der Waals surface area contributed by atoms with Gasteiger partial charge < -0.3 is 10.6 Å². The molecule has 2 aromatic rings. The van der Waals surface area contributed by atoms with Crippen molar-refractivity contribution < 1.29 is 4.92 Å². The number of hydrogen-bond acceptors (Lipinski definition) is 3. The zero-order valence-corrected chi connectivity index (χ0v) is 12.8. The third-order valence-corrected chi connectivity index (χ3v) is 3.43. The van der Waals surface area contributed by atoms with Crippen LogP contribution in [-0.2, 0) is 13.0 Å².